The van der Waals surface area contributed by atoms with Crippen LogP contribution in [0.3, 0.4) is 0 Å². The van der Waals surface area contributed by atoms with Gasteiger partial charge < -0.3 is 5.11 Å². The van der Waals surface area contributed by atoms with Crippen molar-refractivity contribution in [2.45, 2.75) is 5.75 Å². The molecule has 0 aliphatic carbocycles. The molecule has 0 atom stereocenters. The molecule has 0 bridgehead atoms. The molecule has 0 aliphatic rings. The number of hydrogen-bond acceptors (Lipinski definition) is 4. The third-order valence-electron chi connectivity index (χ3n) is 2.27. The van der Waals surface area contributed by atoms with E-state index in [0.717, 1.165) is 6.07 Å². The zero-order valence-corrected chi connectivity index (χ0v) is 10.5. The topological polar surface area (TPSA) is 112 Å². The number of nitrogens with one attached hydrogen (secondary N) is 2. The Labute approximate surface area is 109 Å². The number of carbonyl (C=O) groups is 1. The zero-order valence-electron chi connectivity index (χ0n) is 9.70. The van der Waals surface area contributed by atoms with E-state index in [9.17, 15) is 13.2 Å². The minimum Gasteiger partial charge on any atom is -0.477 e. The van der Waals surface area contributed by atoms with E-state index < -0.39 is 16.0 Å². The maximum Gasteiger partial charge on any atom is 0.353 e. The van der Waals surface area contributed by atoms with Gasteiger partial charge in [0.05, 0.1) is 5.75 Å². The monoisotopic (exact) mass is 281 g/mol. The summed E-state index contributed by atoms with van der Waals surface area (Å²) in [6.45, 7) is 0. The third kappa shape index (κ3) is 3.55. The lowest BCUT2D eigenvalue weighted by Gasteiger charge is -2.04. The van der Waals surface area contributed by atoms with E-state index >= 15 is 0 Å². The highest BCUT2D eigenvalue weighted by Gasteiger charge is 2.15. The van der Waals surface area contributed by atoms with Crippen LogP contribution in [0.4, 0.5) is 5.82 Å². The maximum atomic E-state index is 11.8. The van der Waals surface area contributed by atoms with Crippen LogP contribution < -0.4 is 4.72 Å². The van der Waals surface area contributed by atoms with E-state index in [2.05, 4.69) is 14.9 Å². The quantitative estimate of drug-likeness (QED) is 0.758. The van der Waals surface area contributed by atoms with Gasteiger partial charge in [-0.2, -0.15) is 5.10 Å². The Kier molecular flexibility index (Phi) is 3.52. The normalized spacial score (nSPS) is 11.2. The van der Waals surface area contributed by atoms with E-state index in [1.165, 1.54) is 0 Å². The van der Waals surface area contributed by atoms with Crippen molar-refractivity contribution in [3.8, 4) is 0 Å². The van der Waals surface area contributed by atoms with E-state index in [0.29, 0.717) is 5.56 Å². The Balaban J connectivity index is 2.10. The van der Waals surface area contributed by atoms with Gasteiger partial charge in [0.2, 0.25) is 10.0 Å². The predicted octanol–water partition coefficient (Wildman–Crippen LogP) is 1.05. The van der Waals surface area contributed by atoms with Gasteiger partial charge in [0, 0.05) is 6.07 Å². The van der Waals surface area contributed by atoms with Crippen molar-refractivity contribution in [2.24, 2.45) is 0 Å². The Morgan fingerprint density at radius 2 is 2.00 bits per heavy atom. The molecule has 0 unspecified atom stereocenters. The lowest BCUT2D eigenvalue weighted by Crippen LogP contribution is -2.15. The van der Waals surface area contributed by atoms with E-state index in [1.807, 2.05) is 0 Å². The third-order valence-corrected chi connectivity index (χ3v) is 3.50. The number of nitrogens with zero attached hydrogens (tertiary/aromatic N) is 1. The predicted molar refractivity (Wildman–Crippen MR) is 68.2 cm³/mol. The second-order valence-electron chi connectivity index (χ2n) is 3.82. The molecule has 19 heavy (non-hydrogen) atoms. The summed E-state index contributed by atoms with van der Waals surface area (Å²) >= 11 is 0. The number of benzene rings is 1. The van der Waals surface area contributed by atoms with Crippen molar-refractivity contribution < 1.29 is 18.3 Å². The summed E-state index contributed by atoms with van der Waals surface area (Å²) in [5, 5.41) is 14.5. The molecule has 0 saturated carbocycles. The first-order valence-corrected chi connectivity index (χ1v) is 6.94. The van der Waals surface area contributed by atoms with Gasteiger partial charge in [0.25, 0.3) is 0 Å². The van der Waals surface area contributed by atoms with Crippen molar-refractivity contribution in [3.05, 3.63) is 47.7 Å². The van der Waals surface area contributed by atoms with Crippen LogP contribution >= 0.6 is 0 Å². The molecule has 0 fully saturated rings. The fourth-order valence-corrected chi connectivity index (χ4v) is 2.60. The van der Waals surface area contributed by atoms with Gasteiger partial charge in [0.15, 0.2) is 5.82 Å². The molecule has 0 aliphatic heterocycles. The zero-order chi connectivity index (χ0) is 13.9. The molecule has 0 amide bonds. The number of aromatic carboxylic acids is 1. The number of aromatic amines is 1. The molecule has 7 nitrogen and oxygen atoms in total. The maximum absolute atomic E-state index is 11.8. The molecular weight excluding hydrogens is 270 g/mol. The van der Waals surface area contributed by atoms with Crippen molar-refractivity contribution in [1.82, 2.24) is 10.2 Å². The second kappa shape index (κ2) is 5.11. The summed E-state index contributed by atoms with van der Waals surface area (Å²) in [4.78, 5) is 10.6. The SMILES string of the molecule is O=C(O)c1cc(NS(=O)(=O)Cc2ccccc2)n[nH]1. The molecule has 3 N–H and O–H groups in total. The largest absolute Gasteiger partial charge is 0.477 e. The lowest BCUT2D eigenvalue weighted by molar-refractivity contribution is 0.0690. The molecule has 1 heterocycles. The van der Waals surface area contributed by atoms with Crippen LogP contribution in [0.2, 0.25) is 0 Å². The number of sulfonamides is 1. The van der Waals surface area contributed by atoms with Crippen molar-refractivity contribution in [3.63, 3.8) is 0 Å². The van der Waals surface area contributed by atoms with Crippen LogP contribution in [-0.4, -0.2) is 29.7 Å². The average Bonchev–Trinajstić information content (AvgIpc) is 2.77. The van der Waals surface area contributed by atoms with Gasteiger partial charge in [-0.15, -0.1) is 0 Å². The molecule has 2 rings (SSSR count). The van der Waals surface area contributed by atoms with Gasteiger partial charge in [-0.25, -0.2) is 13.2 Å². The first-order valence-electron chi connectivity index (χ1n) is 5.29. The summed E-state index contributed by atoms with van der Waals surface area (Å²) in [5.74, 6) is -1.46. The molecule has 0 saturated heterocycles. The lowest BCUT2D eigenvalue weighted by atomic mass is 10.2. The Hall–Kier alpha value is -2.35. The van der Waals surface area contributed by atoms with Crippen molar-refractivity contribution >= 4 is 21.8 Å². The number of carboxylic acids is 1. The highest BCUT2D eigenvalue weighted by Crippen LogP contribution is 2.11. The van der Waals surface area contributed by atoms with Crippen LogP contribution in [0.25, 0.3) is 0 Å². The highest BCUT2D eigenvalue weighted by atomic mass is 32.2. The van der Waals surface area contributed by atoms with Gasteiger partial charge in [-0.05, 0) is 5.56 Å². The Bertz CT molecular complexity index is 679. The number of rotatable bonds is 5. The minimum atomic E-state index is -3.63. The highest BCUT2D eigenvalue weighted by molar-refractivity contribution is 7.91. The van der Waals surface area contributed by atoms with Crippen molar-refractivity contribution in [1.29, 1.82) is 0 Å². The fourth-order valence-electron chi connectivity index (χ4n) is 1.47. The van der Waals surface area contributed by atoms with Gasteiger partial charge in [-0.3, -0.25) is 9.82 Å². The standard InChI is InChI=1S/C11H11N3O4S/c15-11(16)9-6-10(13-12-9)14-19(17,18)7-8-4-2-1-3-5-8/h1-6H,7H2,(H,15,16)(H2,12,13,14). The molecule has 100 valence electrons. The van der Waals surface area contributed by atoms with Crippen LogP contribution in [-0.2, 0) is 15.8 Å². The Morgan fingerprint density at radius 3 is 2.58 bits per heavy atom. The number of anilines is 1. The van der Waals surface area contributed by atoms with Crippen LogP contribution in [0.15, 0.2) is 36.4 Å². The van der Waals surface area contributed by atoms with Crippen LogP contribution in [0.1, 0.15) is 16.1 Å². The first-order chi connectivity index (χ1) is 8.96. The molecule has 8 heteroatoms. The molecule has 2 aromatic rings. The number of aromatic nitrogens is 2. The molecule has 1 aromatic carbocycles. The van der Waals surface area contributed by atoms with Crippen molar-refractivity contribution in [2.75, 3.05) is 4.72 Å². The summed E-state index contributed by atoms with van der Waals surface area (Å²) in [5.41, 5.74) is 0.446. The van der Waals surface area contributed by atoms with E-state index in [4.69, 9.17) is 5.11 Å². The van der Waals surface area contributed by atoms with Crippen LogP contribution in [0.5, 0.6) is 0 Å². The summed E-state index contributed by atoms with van der Waals surface area (Å²) < 4.78 is 25.9. The summed E-state index contributed by atoms with van der Waals surface area (Å²) in [6, 6.07) is 9.75. The number of hydrogen-bond donors (Lipinski definition) is 3. The average molecular weight is 281 g/mol. The summed E-state index contributed by atoms with van der Waals surface area (Å²) in [7, 11) is -3.63. The summed E-state index contributed by atoms with van der Waals surface area (Å²) in [6.07, 6.45) is 0. The second-order valence-corrected chi connectivity index (χ2v) is 5.54. The van der Waals surface area contributed by atoms with Crippen LogP contribution in [0, 0.1) is 0 Å². The smallest absolute Gasteiger partial charge is 0.353 e. The van der Waals surface area contributed by atoms with Gasteiger partial charge in [-0.1, -0.05) is 30.3 Å². The minimum absolute atomic E-state index is 0.0478. The Morgan fingerprint density at radius 1 is 1.32 bits per heavy atom. The molecular formula is C11H11N3O4S. The molecule has 0 radical (unpaired) electrons. The van der Waals surface area contributed by atoms with E-state index in [1.54, 1.807) is 30.3 Å². The first kappa shape index (κ1) is 13.1. The number of carboxylic acid groups (broad SMARTS) is 1. The fraction of sp³-hybridized carbons (Fsp3) is 0.0909. The van der Waals surface area contributed by atoms with Gasteiger partial charge >= 0.3 is 5.97 Å². The number of H-pyrrole nitrogens is 1. The molecule has 1 aromatic heterocycles. The molecule has 0 spiro atoms. The van der Waals surface area contributed by atoms with Gasteiger partial charge in [0.1, 0.15) is 5.69 Å². The van der Waals surface area contributed by atoms with E-state index in [-0.39, 0.29) is 17.3 Å².